The van der Waals surface area contributed by atoms with Crippen molar-refractivity contribution < 1.29 is 0 Å². The van der Waals surface area contributed by atoms with Crippen molar-refractivity contribution >= 4 is 15.3 Å². The van der Waals surface area contributed by atoms with Crippen molar-refractivity contribution in [2.75, 3.05) is 0 Å². The van der Waals surface area contributed by atoms with Gasteiger partial charge in [0, 0.05) is 6.04 Å². The minimum absolute atomic E-state index is 0.793. The van der Waals surface area contributed by atoms with Gasteiger partial charge < -0.3 is 4.98 Å². The molecule has 1 atom stereocenters. The number of rotatable bonds is 9. The Hall–Kier alpha value is 0.134. The second kappa shape index (κ2) is 9.18. The first-order valence-electron chi connectivity index (χ1n) is 10.6. The molecule has 24 heavy (non-hydrogen) atoms. The summed E-state index contributed by atoms with van der Waals surface area (Å²) in [6.07, 6.45) is 9.50. The van der Waals surface area contributed by atoms with Crippen LogP contribution in [0.4, 0.5) is 0 Å². The maximum Gasteiger partial charge on any atom is 0.143 e. The number of allylic oxidation sites excluding steroid dienone is 2. The van der Waals surface area contributed by atoms with Crippen molar-refractivity contribution in [2.24, 2.45) is 0 Å². The summed E-state index contributed by atoms with van der Waals surface area (Å²) in [7, 11) is -3.20. The van der Waals surface area contributed by atoms with Crippen LogP contribution in [0.2, 0.25) is 22.7 Å². The standard InChI is InChI=1S/C21H45NSi2/c1-10-16-23(20(9)11-2,22-21-14-12-13-15-21)24(17(3)4,18(5)6)19(7)8/h11,17-19,21-22H,10,12-16H2,1-9H3/b20-11+. The van der Waals surface area contributed by atoms with Crippen LogP contribution in [0.3, 0.4) is 0 Å². The summed E-state index contributed by atoms with van der Waals surface area (Å²) in [5.41, 5.74) is 2.54. The zero-order valence-corrected chi connectivity index (χ0v) is 20.1. The minimum atomic E-state index is -1.68. The second-order valence-corrected chi connectivity index (χ2v) is 23.0. The summed E-state index contributed by atoms with van der Waals surface area (Å²) < 4.78 is 0. The molecule has 1 unspecified atom stereocenters. The monoisotopic (exact) mass is 367 g/mol. The predicted octanol–water partition coefficient (Wildman–Crippen LogP) is 7.14. The summed E-state index contributed by atoms with van der Waals surface area (Å²) in [5.74, 6) is 0. The van der Waals surface area contributed by atoms with Crippen LogP contribution in [0, 0.1) is 0 Å². The first-order valence-corrected chi connectivity index (χ1v) is 16.1. The van der Waals surface area contributed by atoms with Crippen LogP contribution >= 0.6 is 0 Å². The van der Waals surface area contributed by atoms with E-state index in [2.05, 4.69) is 73.4 Å². The first-order chi connectivity index (χ1) is 11.2. The Morgan fingerprint density at radius 3 is 1.79 bits per heavy atom. The van der Waals surface area contributed by atoms with Crippen LogP contribution < -0.4 is 4.98 Å². The third-order valence-electron chi connectivity index (χ3n) is 7.14. The van der Waals surface area contributed by atoms with Crippen molar-refractivity contribution in [3.8, 4) is 0 Å². The Morgan fingerprint density at radius 1 is 1.00 bits per heavy atom. The maximum absolute atomic E-state index is 4.50. The molecule has 1 fully saturated rings. The third-order valence-corrected chi connectivity index (χ3v) is 30.1. The van der Waals surface area contributed by atoms with Gasteiger partial charge in [-0.3, -0.25) is 0 Å². The highest BCUT2D eigenvalue weighted by Gasteiger charge is 2.60. The molecule has 1 nitrogen and oxygen atoms in total. The molecule has 0 amide bonds. The SMILES string of the molecule is C/C=C(\C)[Si](CCC)(NC1CCCC1)[Si](C(C)C)(C(C)C)C(C)C. The largest absolute Gasteiger partial charge is 0.333 e. The van der Waals surface area contributed by atoms with Gasteiger partial charge in [0.05, 0.1) is 7.59 Å². The van der Waals surface area contributed by atoms with E-state index in [0.717, 1.165) is 22.7 Å². The van der Waals surface area contributed by atoms with E-state index in [1.807, 2.05) is 0 Å². The van der Waals surface area contributed by atoms with Gasteiger partial charge in [0.15, 0.2) is 0 Å². The van der Waals surface area contributed by atoms with E-state index in [1.54, 1.807) is 5.20 Å². The van der Waals surface area contributed by atoms with E-state index in [-0.39, 0.29) is 0 Å². The normalized spacial score (nSPS) is 20.4. The molecule has 0 aliphatic heterocycles. The van der Waals surface area contributed by atoms with E-state index in [4.69, 9.17) is 0 Å². The summed E-state index contributed by atoms with van der Waals surface area (Å²) in [4.78, 5) is 4.50. The van der Waals surface area contributed by atoms with Crippen molar-refractivity contribution in [3.63, 3.8) is 0 Å². The zero-order chi connectivity index (χ0) is 18.5. The lowest BCUT2D eigenvalue weighted by Gasteiger charge is -2.57. The molecule has 3 heteroatoms. The first kappa shape index (κ1) is 22.2. The van der Waals surface area contributed by atoms with Crippen LogP contribution in [-0.4, -0.2) is 21.4 Å². The molecule has 0 bridgehead atoms. The topological polar surface area (TPSA) is 12.0 Å². The lowest BCUT2D eigenvalue weighted by Crippen LogP contribution is -2.77. The number of nitrogens with one attached hydrogen (secondary N) is 1. The Morgan fingerprint density at radius 2 is 1.46 bits per heavy atom. The molecule has 1 N–H and O–H groups in total. The minimum Gasteiger partial charge on any atom is -0.333 e. The number of hydrogen-bond donors (Lipinski definition) is 1. The summed E-state index contributed by atoms with van der Waals surface area (Å²) in [6, 6.07) is 2.24. The highest BCUT2D eigenvalue weighted by atomic mass is 29.3. The zero-order valence-electron chi connectivity index (χ0n) is 18.1. The van der Waals surface area contributed by atoms with Gasteiger partial charge in [-0.05, 0) is 32.7 Å². The van der Waals surface area contributed by atoms with Gasteiger partial charge in [0.2, 0.25) is 0 Å². The molecule has 1 aliphatic carbocycles. The van der Waals surface area contributed by atoms with Crippen molar-refractivity contribution in [2.45, 2.75) is 123 Å². The van der Waals surface area contributed by atoms with Gasteiger partial charge in [-0.2, -0.15) is 0 Å². The van der Waals surface area contributed by atoms with Crippen LogP contribution in [0.1, 0.15) is 94.4 Å². The molecule has 0 aromatic heterocycles. The molecule has 0 aromatic rings. The molecular formula is C21H45NSi2. The molecule has 0 radical (unpaired) electrons. The van der Waals surface area contributed by atoms with Gasteiger partial charge in [-0.1, -0.05) is 95.6 Å². The maximum atomic E-state index is 4.50. The van der Waals surface area contributed by atoms with Crippen molar-refractivity contribution in [1.29, 1.82) is 0 Å². The van der Waals surface area contributed by atoms with Crippen molar-refractivity contribution in [3.05, 3.63) is 11.3 Å². The molecule has 0 spiro atoms. The van der Waals surface area contributed by atoms with E-state index in [0.29, 0.717) is 0 Å². The average Bonchev–Trinajstić information content (AvgIpc) is 2.98. The Labute approximate surface area is 155 Å². The smallest absolute Gasteiger partial charge is 0.143 e. The van der Waals surface area contributed by atoms with Crippen molar-refractivity contribution in [1.82, 2.24) is 4.98 Å². The van der Waals surface area contributed by atoms with Gasteiger partial charge in [-0.25, -0.2) is 0 Å². The fraction of sp³-hybridized carbons (Fsp3) is 0.905. The lowest BCUT2D eigenvalue weighted by molar-refractivity contribution is 0.628. The fourth-order valence-corrected chi connectivity index (χ4v) is 32.7. The molecule has 0 aromatic carbocycles. The Kier molecular flexibility index (Phi) is 8.48. The van der Waals surface area contributed by atoms with Crippen LogP contribution in [0.15, 0.2) is 11.3 Å². The molecule has 0 saturated heterocycles. The molecule has 1 aliphatic rings. The van der Waals surface area contributed by atoms with Gasteiger partial charge in [0.1, 0.15) is 7.75 Å². The molecular weight excluding hydrogens is 322 g/mol. The quantitative estimate of drug-likeness (QED) is 0.427. The summed E-state index contributed by atoms with van der Waals surface area (Å²) in [5, 5.41) is 1.76. The van der Waals surface area contributed by atoms with E-state index in [1.165, 1.54) is 38.1 Å². The van der Waals surface area contributed by atoms with E-state index < -0.39 is 15.3 Å². The number of hydrogen-bond acceptors (Lipinski definition) is 1. The molecule has 142 valence electrons. The van der Waals surface area contributed by atoms with E-state index in [9.17, 15) is 0 Å². The molecule has 0 heterocycles. The Bertz CT molecular complexity index is 386. The van der Waals surface area contributed by atoms with Gasteiger partial charge >= 0.3 is 0 Å². The van der Waals surface area contributed by atoms with Gasteiger partial charge in [-0.15, -0.1) is 0 Å². The molecule has 1 saturated carbocycles. The second-order valence-electron chi connectivity index (χ2n) is 9.15. The Balaban J connectivity index is 3.60. The fourth-order valence-electron chi connectivity index (χ4n) is 6.58. The average molecular weight is 368 g/mol. The lowest BCUT2D eigenvalue weighted by atomic mass is 10.3. The van der Waals surface area contributed by atoms with Crippen LogP contribution in [0.25, 0.3) is 0 Å². The summed E-state index contributed by atoms with van der Waals surface area (Å²) >= 11 is 0. The van der Waals surface area contributed by atoms with Gasteiger partial charge in [0.25, 0.3) is 0 Å². The highest BCUT2D eigenvalue weighted by Crippen LogP contribution is 2.50. The summed E-state index contributed by atoms with van der Waals surface area (Å²) in [6.45, 7) is 22.5. The van der Waals surface area contributed by atoms with E-state index >= 15 is 0 Å². The predicted molar refractivity (Wildman–Crippen MR) is 117 cm³/mol. The third kappa shape index (κ3) is 3.78. The van der Waals surface area contributed by atoms with Crippen LogP contribution in [-0.2, 0) is 0 Å². The molecule has 1 rings (SSSR count). The van der Waals surface area contributed by atoms with Crippen LogP contribution in [0.5, 0.6) is 0 Å². The highest BCUT2D eigenvalue weighted by molar-refractivity contribution is 7.45.